The van der Waals surface area contributed by atoms with Gasteiger partial charge in [-0.3, -0.25) is 4.79 Å². The number of carbonyl (C=O) groups is 1. The highest BCUT2D eigenvalue weighted by molar-refractivity contribution is 9.11. The SMILES string of the molecule is O=C(NS(=O)(=O)c1ncc(Br)s1)c1ccc(Cl)cc1Cl. The summed E-state index contributed by atoms with van der Waals surface area (Å²) in [5.74, 6) is -0.849. The number of hydrogen-bond acceptors (Lipinski definition) is 5. The predicted molar refractivity (Wildman–Crippen MR) is 80.9 cm³/mol. The van der Waals surface area contributed by atoms with Gasteiger partial charge < -0.3 is 0 Å². The molecule has 0 saturated heterocycles. The lowest BCUT2D eigenvalue weighted by Crippen LogP contribution is -2.30. The van der Waals surface area contributed by atoms with Gasteiger partial charge in [-0.25, -0.2) is 9.71 Å². The Labute approximate surface area is 137 Å². The summed E-state index contributed by atoms with van der Waals surface area (Å²) >= 11 is 15.5. The number of carbonyl (C=O) groups excluding carboxylic acids is 1. The van der Waals surface area contributed by atoms with Crippen molar-refractivity contribution in [2.75, 3.05) is 0 Å². The van der Waals surface area contributed by atoms with E-state index in [-0.39, 0.29) is 14.9 Å². The lowest BCUT2D eigenvalue weighted by atomic mass is 10.2. The van der Waals surface area contributed by atoms with Gasteiger partial charge >= 0.3 is 0 Å². The maximum Gasteiger partial charge on any atom is 0.291 e. The molecule has 0 spiro atoms. The van der Waals surface area contributed by atoms with Gasteiger partial charge in [0, 0.05) is 5.02 Å². The summed E-state index contributed by atoms with van der Waals surface area (Å²) in [5.41, 5.74) is 0.00950. The molecule has 2 aromatic rings. The zero-order valence-corrected chi connectivity index (χ0v) is 14.2. The second-order valence-corrected chi connectivity index (χ2v) is 8.60. The number of sulfonamides is 1. The normalized spacial score (nSPS) is 11.3. The summed E-state index contributed by atoms with van der Waals surface area (Å²) < 4.78 is 26.1. The fourth-order valence-electron chi connectivity index (χ4n) is 1.26. The number of thiazole rings is 1. The van der Waals surface area contributed by atoms with E-state index in [1.807, 2.05) is 4.72 Å². The Morgan fingerprint density at radius 1 is 1.35 bits per heavy atom. The molecule has 0 saturated carbocycles. The van der Waals surface area contributed by atoms with Crippen LogP contribution in [0.15, 0.2) is 32.5 Å². The number of nitrogens with zero attached hydrogens (tertiary/aromatic N) is 1. The van der Waals surface area contributed by atoms with Crippen LogP contribution in [0.3, 0.4) is 0 Å². The molecule has 0 atom stereocenters. The van der Waals surface area contributed by atoms with E-state index < -0.39 is 15.9 Å². The monoisotopic (exact) mass is 414 g/mol. The fraction of sp³-hybridized carbons (Fsp3) is 0. The first-order chi connectivity index (χ1) is 9.29. The molecule has 20 heavy (non-hydrogen) atoms. The molecule has 0 fully saturated rings. The third kappa shape index (κ3) is 3.50. The summed E-state index contributed by atoms with van der Waals surface area (Å²) in [5, 5.41) is 0.406. The van der Waals surface area contributed by atoms with Gasteiger partial charge in [0.05, 0.1) is 20.6 Å². The number of rotatable bonds is 3. The first-order valence-electron chi connectivity index (χ1n) is 4.93. The Morgan fingerprint density at radius 2 is 2.05 bits per heavy atom. The largest absolute Gasteiger partial charge is 0.291 e. The predicted octanol–water partition coefficient (Wildman–Crippen LogP) is 3.33. The Kier molecular flexibility index (Phi) is 4.70. The van der Waals surface area contributed by atoms with E-state index in [9.17, 15) is 13.2 Å². The first kappa shape index (κ1) is 15.7. The number of halogens is 3. The zero-order chi connectivity index (χ0) is 14.9. The second-order valence-electron chi connectivity index (χ2n) is 3.49. The second kappa shape index (κ2) is 5.98. The number of hydrogen-bond donors (Lipinski definition) is 1. The van der Waals surface area contributed by atoms with Gasteiger partial charge in [-0.15, -0.1) is 0 Å². The molecule has 2 rings (SSSR count). The lowest BCUT2D eigenvalue weighted by molar-refractivity contribution is 0.0981. The van der Waals surface area contributed by atoms with Crippen LogP contribution in [0.2, 0.25) is 10.0 Å². The number of benzene rings is 1. The molecule has 1 aromatic carbocycles. The van der Waals surface area contributed by atoms with E-state index in [2.05, 4.69) is 20.9 Å². The third-order valence-electron chi connectivity index (χ3n) is 2.09. The van der Waals surface area contributed by atoms with Crippen LogP contribution in [-0.4, -0.2) is 19.3 Å². The fourth-order valence-corrected chi connectivity index (χ4v) is 4.48. The Balaban J connectivity index is 2.27. The molecule has 10 heteroatoms. The van der Waals surface area contributed by atoms with E-state index in [0.29, 0.717) is 8.81 Å². The quantitative estimate of drug-likeness (QED) is 0.833. The number of aromatic nitrogens is 1. The smallest absolute Gasteiger partial charge is 0.268 e. The minimum atomic E-state index is -4.03. The average molecular weight is 416 g/mol. The molecule has 1 N–H and O–H groups in total. The summed E-state index contributed by atoms with van der Waals surface area (Å²) in [4.78, 5) is 15.6. The van der Waals surface area contributed by atoms with Crippen molar-refractivity contribution in [3.8, 4) is 0 Å². The molecule has 0 aliphatic heterocycles. The van der Waals surface area contributed by atoms with E-state index in [4.69, 9.17) is 23.2 Å². The third-order valence-corrected chi connectivity index (χ3v) is 5.84. The van der Waals surface area contributed by atoms with Crippen molar-refractivity contribution < 1.29 is 13.2 Å². The van der Waals surface area contributed by atoms with Gasteiger partial charge in [-0.05, 0) is 34.1 Å². The molecule has 0 aliphatic rings. The Hall–Kier alpha value is -0.670. The molecular weight excluding hydrogens is 411 g/mol. The van der Waals surface area contributed by atoms with Crippen molar-refractivity contribution in [2.45, 2.75) is 4.34 Å². The van der Waals surface area contributed by atoms with Gasteiger partial charge in [-0.2, -0.15) is 8.42 Å². The van der Waals surface area contributed by atoms with Gasteiger partial charge in [0.25, 0.3) is 15.9 Å². The topological polar surface area (TPSA) is 76.1 Å². The van der Waals surface area contributed by atoms with E-state index in [1.165, 1.54) is 24.4 Å². The highest BCUT2D eigenvalue weighted by atomic mass is 79.9. The number of amides is 1. The lowest BCUT2D eigenvalue weighted by Gasteiger charge is -2.06. The van der Waals surface area contributed by atoms with E-state index >= 15 is 0 Å². The van der Waals surface area contributed by atoms with Crippen molar-refractivity contribution in [1.82, 2.24) is 9.71 Å². The van der Waals surface area contributed by atoms with E-state index in [1.54, 1.807) is 0 Å². The molecule has 0 unspecified atom stereocenters. The van der Waals surface area contributed by atoms with Crippen LogP contribution in [0.4, 0.5) is 0 Å². The maximum atomic E-state index is 11.9. The summed E-state index contributed by atoms with van der Waals surface area (Å²) in [6.07, 6.45) is 1.33. The first-order valence-corrected chi connectivity index (χ1v) is 8.78. The number of nitrogens with one attached hydrogen (secondary N) is 1. The van der Waals surface area contributed by atoms with Gasteiger partial charge in [-0.1, -0.05) is 34.5 Å². The van der Waals surface area contributed by atoms with Crippen molar-refractivity contribution in [2.24, 2.45) is 0 Å². The molecular formula is C10H5BrCl2N2O3S2. The molecule has 1 amide bonds. The molecule has 5 nitrogen and oxygen atoms in total. The van der Waals surface area contributed by atoms with Crippen molar-refractivity contribution >= 4 is 66.4 Å². The van der Waals surface area contributed by atoms with Crippen LogP contribution in [-0.2, 0) is 10.0 Å². The van der Waals surface area contributed by atoms with Gasteiger partial charge in [0.2, 0.25) is 4.34 Å². The molecule has 0 aliphatic carbocycles. The van der Waals surface area contributed by atoms with Crippen molar-refractivity contribution in [3.05, 3.63) is 43.8 Å². The maximum absolute atomic E-state index is 11.9. The Bertz CT molecular complexity index is 777. The van der Waals surface area contributed by atoms with Crippen LogP contribution in [0.1, 0.15) is 10.4 Å². The molecule has 1 heterocycles. The van der Waals surface area contributed by atoms with Crippen LogP contribution in [0.25, 0.3) is 0 Å². The van der Waals surface area contributed by atoms with Crippen molar-refractivity contribution in [1.29, 1.82) is 0 Å². The van der Waals surface area contributed by atoms with Gasteiger partial charge in [0.15, 0.2) is 0 Å². The van der Waals surface area contributed by atoms with Gasteiger partial charge in [0.1, 0.15) is 0 Å². The summed E-state index contributed by atoms with van der Waals surface area (Å²) in [7, 11) is -4.03. The van der Waals surface area contributed by atoms with Crippen LogP contribution in [0.5, 0.6) is 0 Å². The van der Waals surface area contributed by atoms with E-state index in [0.717, 1.165) is 11.3 Å². The zero-order valence-electron chi connectivity index (χ0n) is 9.43. The highest BCUT2D eigenvalue weighted by Crippen LogP contribution is 2.24. The minimum absolute atomic E-state index is 0.00950. The highest BCUT2D eigenvalue weighted by Gasteiger charge is 2.23. The summed E-state index contributed by atoms with van der Waals surface area (Å²) in [6, 6.07) is 4.13. The van der Waals surface area contributed by atoms with Crippen LogP contribution < -0.4 is 4.72 Å². The standard InChI is InChI=1S/C10H5BrCl2N2O3S2/c11-8-4-14-10(19-8)20(17,18)15-9(16)6-2-1-5(12)3-7(6)13/h1-4H,(H,15,16). The van der Waals surface area contributed by atoms with Crippen LogP contribution in [0, 0.1) is 0 Å². The van der Waals surface area contributed by atoms with Crippen LogP contribution >= 0.6 is 50.5 Å². The Morgan fingerprint density at radius 3 is 2.60 bits per heavy atom. The molecule has 0 radical (unpaired) electrons. The van der Waals surface area contributed by atoms with Crippen molar-refractivity contribution in [3.63, 3.8) is 0 Å². The summed E-state index contributed by atoms with van der Waals surface area (Å²) in [6.45, 7) is 0. The minimum Gasteiger partial charge on any atom is -0.268 e. The molecule has 1 aromatic heterocycles. The molecule has 106 valence electrons. The average Bonchev–Trinajstić information content (AvgIpc) is 2.75. The molecule has 0 bridgehead atoms.